The van der Waals surface area contributed by atoms with Crippen LogP contribution >= 0.6 is 0 Å². The van der Waals surface area contributed by atoms with Crippen LogP contribution in [-0.2, 0) is 4.79 Å². The Morgan fingerprint density at radius 3 is 2.24 bits per heavy atom. The Kier molecular flexibility index (Phi) is 6.93. The highest BCUT2D eigenvalue weighted by Crippen LogP contribution is 2.17. The van der Waals surface area contributed by atoms with Gasteiger partial charge in [0.1, 0.15) is 0 Å². The fourth-order valence-corrected chi connectivity index (χ4v) is 3.40. The Morgan fingerprint density at radius 2 is 1.67 bits per heavy atom. The predicted octanol–water partition coefficient (Wildman–Crippen LogP) is 0.824. The molecule has 0 radical (unpaired) electrons. The molecule has 0 spiro atoms. The SMILES string of the molecule is CC(O)CN1CCN(CC(=O)NC2CCCCCC2)CC1. The lowest BCUT2D eigenvalue weighted by Crippen LogP contribution is -2.51. The van der Waals surface area contributed by atoms with E-state index in [1.54, 1.807) is 0 Å². The zero-order valence-corrected chi connectivity index (χ0v) is 13.4. The fraction of sp³-hybridized carbons (Fsp3) is 0.938. The second kappa shape index (κ2) is 8.71. The van der Waals surface area contributed by atoms with Crippen molar-refractivity contribution in [1.29, 1.82) is 0 Å². The molecule has 2 N–H and O–H groups in total. The second-order valence-electron chi connectivity index (χ2n) is 6.68. The number of amides is 1. The Bertz CT molecular complexity index is 307. The van der Waals surface area contributed by atoms with Gasteiger partial charge < -0.3 is 10.4 Å². The van der Waals surface area contributed by atoms with Gasteiger partial charge in [-0.3, -0.25) is 14.6 Å². The Morgan fingerprint density at radius 1 is 1.10 bits per heavy atom. The molecule has 1 amide bonds. The van der Waals surface area contributed by atoms with Gasteiger partial charge in [0.2, 0.25) is 5.91 Å². The standard InChI is InChI=1S/C16H31N3O2/c1-14(20)12-18-8-10-19(11-9-18)13-16(21)17-15-6-4-2-3-5-7-15/h14-15,20H,2-13H2,1H3,(H,17,21). The van der Waals surface area contributed by atoms with Crippen molar-refractivity contribution in [3.63, 3.8) is 0 Å². The number of aliphatic hydroxyl groups is 1. The summed E-state index contributed by atoms with van der Waals surface area (Å²) >= 11 is 0. The highest BCUT2D eigenvalue weighted by Gasteiger charge is 2.21. The number of hydrogen-bond acceptors (Lipinski definition) is 4. The van der Waals surface area contributed by atoms with Crippen LogP contribution in [0.2, 0.25) is 0 Å². The van der Waals surface area contributed by atoms with E-state index in [9.17, 15) is 9.90 Å². The minimum atomic E-state index is -0.268. The molecule has 5 nitrogen and oxygen atoms in total. The van der Waals surface area contributed by atoms with Crippen LogP contribution in [0.25, 0.3) is 0 Å². The molecule has 1 atom stereocenters. The van der Waals surface area contributed by atoms with E-state index in [1.165, 1.54) is 25.7 Å². The summed E-state index contributed by atoms with van der Waals surface area (Å²) in [5, 5.41) is 12.6. The molecule has 0 bridgehead atoms. The van der Waals surface area contributed by atoms with E-state index >= 15 is 0 Å². The van der Waals surface area contributed by atoms with E-state index in [1.807, 2.05) is 6.92 Å². The number of rotatable bonds is 5. The molecule has 122 valence electrons. The van der Waals surface area contributed by atoms with E-state index < -0.39 is 0 Å². The van der Waals surface area contributed by atoms with Crippen LogP contribution < -0.4 is 5.32 Å². The van der Waals surface area contributed by atoms with Crippen molar-refractivity contribution in [2.75, 3.05) is 39.3 Å². The first-order valence-electron chi connectivity index (χ1n) is 8.55. The minimum Gasteiger partial charge on any atom is -0.392 e. The van der Waals surface area contributed by atoms with Crippen molar-refractivity contribution < 1.29 is 9.90 Å². The highest BCUT2D eigenvalue weighted by atomic mass is 16.3. The number of hydrogen-bond donors (Lipinski definition) is 2. The molecule has 1 heterocycles. The van der Waals surface area contributed by atoms with E-state index in [2.05, 4.69) is 15.1 Å². The molecule has 5 heteroatoms. The smallest absolute Gasteiger partial charge is 0.234 e. The van der Waals surface area contributed by atoms with Crippen LogP contribution in [0.15, 0.2) is 0 Å². The lowest BCUT2D eigenvalue weighted by Gasteiger charge is -2.35. The summed E-state index contributed by atoms with van der Waals surface area (Å²) in [5.74, 6) is 0.186. The zero-order chi connectivity index (χ0) is 15.1. The molecule has 21 heavy (non-hydrogen) atoms. The lowest BCUT2D eigenvalue weighted by atomic mass is 10.1. The number of β-amino-alcohol motifs (C(OH)–C–C–N with tert-alkyl or cyclic N) is 1. The fourth-order valence-electron chi connectivity index (χ4n) is 3.40. The number of nitrogens with zero attached hydrogens (tertiary/aromatic N) is 2. The summed E-state index contributed by atoms with van der Waals surface area (Å²) in [6, 6.07) is 0.400. The second-order valence-corrected chi connectivity index (χ2v) is 6.68. The van der Waals surface area contributed by atoms with E-state index in [-0.39, 0.29) is 12.0 Å². The van der Waals surface area contributed by atoms with Crippen LogP contribution in [-0.4, -0.2) is 72.2 Å². The maximum atomic E-state index is 12.1. The van der Waals surface area contributed by atoms with Gasteiger partial charge in [0.15, 0.2) is 0 Å². The Balaban J connectivity index is 1.64. The van der Waals surface area contributed by atoms with Crippen molar-refractivity contribution in [2.24, 2.45) is 0 Å². The third-order valence-electron chi connectivity index (χ3n) is 4.57. The van der Waals surface area contributed by atoms with Gasteiger partial charge in [0, 0.05) is 38.8 Å². The van der Waals surface area contributed by atoms with Crippen molar-refractivity contribution >= 4 is 5.91 Å². The molecule has 1 saturated heterocycles. The Hall–Kier alpha value is -0.650. The molecule has 2 aliphatic rings. The zero-order valence-electron chi connectivity index (χ0n) is 13.4. The molecule has 1 aliphatic heterocycles. The molecule has 0 aromatic rings. The van der Waals surface area contributed by atoms with Gasteiger partial charge in [0.25, 0.3) is 0 Å². The summed E-state index contributed by atoms with van der Waals surface area (Å²) in [7, 11) is 0. The predicted molar refractivity (Wildman–Crippen MR) is 84.2 cm³/mol. The molecule has 0 aromatic heterocycles. The number of piperazine rings is 1. The first-order chi connectivity index (χ1) is 10.1. The molecule has 0 aromatic carbocycles. The molecular weight excluding hydrogens is 266 g/mol. The van der Waals surface area contributed by atoms with Gasteiger partial charge in [-0.15, -0.1) is 0 Å². The van der Waals surface area contributed by atoms with Crippen molar-refractivity contribution in [2.45, 2.75) is 57.6 Å². The molecular formula is C16H31N3O2. The number of aliphatic hydroxyl groups excluding tert-OH is 1. The monoisotopic (exact) mass is 297 g/mol. The first-order valence-corrected chi connectivity index (χ1v) is 8.55. The number of carbonyl (C=O) groups is 1. The van der Waals surface area contributed by atoms with Crippen molar-refractivity contribution in [3.8, 4) is 0 Å². The van der Waals surface area contributed by atoms with E-state index in [0.29, 0.717) is 12.6 Å². The number of carbonyl (C=O) groups excluding carboxylic acids is 1. The first kappa shape index (κ1) is 16.7. The summed E-state index contributed by atoms with van der Waals surface area (Å²) in [6.07, 6.45) is 7.17. The largest absolute Gasteiger partial charge is 0.392 e. The number of nitrogens with one attached hydrogen (secondary N) is 1. The van der Waals surface area contributed by atoms with Crippen LogP contribution in [0.3, 0.4) is 0 Å². The topological polar surface area (TPSA) is 55.8 Å². The van der Waals surface area contributed by atoms with E-state index in [4.69, 9.17) is 0 Å². The van der Waals surface area contributed by atoms with Crippen molar-refractivity contribution in [1.82, 2.24) is 15.1 Å². The summed E-state index contributed by atoms with van der Waals surface area (Å²) < 4.78 is 0. The molecule has 2 fully saturated rings. The molecule has 1 unspecified atom stereocenters. The summed E-state index contributed by atoms with van der Waals surface area (Å²) in [4.78, 5) is 16.6. The van der Waals surface area contributed by atoms with Crippen LogP contribution in [0.4, 0.5) is 0 Å². The summed E-state index contributed by atoms with van der Waals surface area (Å²) in [5.41, 5.74) is 0. The Labute approximate surface area is 128 Å². The molecule has 1 saturated carbocycles. The highest BCUT2D eigenvalue weighted by molar-refractivity contribution is 5.78. The van der Waals surface area contributed by atoms with Gasteiger partial charge >= 0.3 is 0 Å². The van der Waals surface area contributed by atoms with Crippen LogP contribution in [0, 0.1) is 0 Å². The van der Waals surface area contributed by atoms with Crippen LogP contribution in [0.5, 0.6) is 0 Å². The quantitative estimate of drug-likeness (QED) is 0.738. The average Bonchev–Trinajstić information content (AvgIpc) is 2.69. The summed E-state index contributed by atoms with van der Waals surface area (Å²) in [6.45, 7) is 6.83. The maximum Gasteiger partial charge on any atom is 0.234 e. The molecule has 1 aliphatic carbocycles. The third kappa shape index (κ3) is 6.32. The minimum absolute atomic E-state index is 0.186. The van der Waals surface area contributed by atoms with Gasteiger partial charge in [-0.05, 0) is 19.8 Å². The average molecular weight is 297 g/mol. The third-order valence-corrected chi connectivity index (χ3v) is 4.57. The van der Waals surface area contributed by atoms with Crippen molar-refractivity contribution in [3.05, 3.63) is 0 Å². The lowest BCUT2D eigenvalue weighted by molar-refractivity contribution is -0.123. The maximum absolute atomic E-state index is 12.1. The van der Waals surface area contributed by atoms with Gasteiger partial charge in [-0.2, -0.15) is 0 Å². The van der Waals surface area contributed by atoms with Gasteiger partial charge in [-0.1, -0.05) is 25.7 Å². The molecule has 2 rings (SSSR count). The van der Waals surface area contributed by atoms with Gasteiger partial charge in [0.05, 0.1) is 12.6 Å². The van der Waals surface area contributed by atoms with E-state index in [0.717, 1.165) is 45.6 Å². The normalized spacial score (nSPS) is 24.5. The van der Waals surface area contributed by atoms with Crippen LogP contribution in [0.1, 0.15) is 45.4 Å². The van der Waals surface area contributed by atoms with Gasteiger partial charge in [-0.25, -0.2) is 0 Å².